The number of para-hydroxylation sites is 1. The highest BCUT2D eigenvalue weighted by Gasteiger charge is 2.32. The number of ether oxygens (including phenoxy) is 1. The van der Waals surface area contributed by atoms with Gasteiger partial charge < -0.3 is 25.8 Å². The maximum atomic E-state index is 12.7. The predicted molar refractivity (Wildman–Crippen MR) is 143 cm³/mol. The summed E-state index contributed by atoms with van der Waals surface area (Å²) in [6.07, 6.45) is -0.208. The molecule has 0 amide bonds. The third kappa shape index (κ3) is 8.26. The number of nitrogens with one attached hydrogen (secondary N) is 3. The van der Waals surface area contributed by atoms with E-state index in [1.165, 1.54) is 18.2 Å². The quantitative estimate of drug-likeness (QED) is 0.174. The molecule has 13 heteroatoms. The van der Waals surface area contributed by atoms with Crippen molar-refractivity contribution >= 4 is 17.5 Å². The van der Waals surface area contributed by atoms with Gasteiger partial charge in [0.2, 0.25) is 11.8 Å². The molecule has 1 heterocycles. The number of anilines is 2. The van der Waals surface area contributed by atoms with Crippen LogP contribution in [0.2, 0.25) is 0 Å². The lowest BCUT2D eigenvalue weighted by molar-refractivity contribution is -0.384. The molecule has 0 bridgehead atoms. The Morgan fingerprint density at radius 3 is 2.42 bits per heavy atom. The second kappa shape index (κ2) is 13.4. The highest BCUT2D eigenvalue weighted by molar-refractivity contribution is 5.57. The first-order chi connectivity index (χ1) is 19.2. The third-order valence-corrected chi connectivity index (χ3v) is 6.83. The van der Waals surface area contributed by atoms with E-state index in [0.717, 1.165) is 37.4 Å². The van der Waals surface area contributed by atoms with E-state index in [-0.39, 0.29) is 59.9 Å². The van der Waals surface area contributed by atoms with Gasteiger partial charge in [-0.15, -0.1) is 13.2 Å². The van der Waals surface area contributed by atoms with Crippen molar-refractivity contribution in [1.82, 2.24) is 15.3 Å². The van der Waals surface area contributed by atoms with Crippen molar-refractivity contribution in [2.75, 3.05) is 23.8 Å². The molecule has 2 aromatic carbocycles. The van der Waals surface area contributed by atoms with Gasteiger partial charge >= 0.3 is 12.0 Å². The molecule has 0 spiro atoms. The number of aliphatic hydroxyl groups excluding tert-OH is 1. The van der Waals surface area contributed by atoms with Crippen LogP contribution in [0, 0.1) is 16.0 Å². The molecular formula is C27H31F3N6O4. The zero-order valence-corrected chi connectivity index (χ0v) is 21.6. The Morgan fingerprint density at radius 1 is 1.05 bits per heavy atom. The molecule has 1 atom stereocenters. The molecular weight excluding hydrogens is 529 g/mol. The zero-order valence-electron chi connectivity index (χ0n) is 21.6. The number of benzene rings is 2. The Morgan fingerprint density at radius 2 is 1.75 bits per heavy atom. The highest BCUT2D eigenvalue weighted by Crippen LogP contribution is 2.30. The first-order valence-corrected chi connectivity index (χ1v) is 13.0. The number of aliphatic hydroxyl groups is 1. The fourth-order valence-corrected chi connectivity index (χ4v) is 4.77. The van der Waals surface area contributed by atoms with Crippen LogP contribution in [0.25, 0.3) is 0 Å². The first-order valence-electron chi connectivity index (χ1n) is 13.0. The van der Waals surface area contributed by atoms with Gasteiger partial charge in [-0.3, -0.25) is 10.1 Å². The summed E-state index contributed by atoms with van der Waals surface area (Å²) in [7, 11) is 0. The van der Waals surface area contributed by atoms with Crippen LogP contribution in [0.15, 0.2) is 60.8 Å². The molecule has 3 aromatic rings. The van der Waals surface area contributed by atoms with Crippen LogP contribution in [-0.4, -0.2) is 45.6 Å². The van der Waals surface area contributed by atoms with Crippen LogP contribution in [0.1, 0.15) is 42.9 Å². The van der Waals surface area contributed by atoms with Crippen molar-refractivity contribution < 1.29 is 27.9 Å². The summed E-state index contributed by atoms with van der Waals surface area (Å²) >= 11 is 0. The number of hydrogen-bond donors (Lipinski definition) is 4. The van der Waals surface area contributed by atoms with Crippen LogP contribution in [0.4, 0.5) is 30.6 Å². The van der Waals surface area contributed by atoms with Crippen LogP contribution in [-0.2, 0) is 6.54 Å². The molecule has 0 saturated heterocycles. The zero-order chi connectivity index (χ0) is 28.5. The van der Waals surface area contributed by atoms with Crippen LogP contribution in [0.3, 0.4) is 0 Å². The maximum Gasteiger partial charge on any atom is 0.573 e. The van der Waals surface area contributed by atoms with Crippen molar-refractivity contribution in [2.45, 2.75) is 50.7 Å². The Balaban J connectivity index is 1.33. The molecule has 1 fully saturated rings. The average Bonchev–Trinajstić information content (AvgIpc) is 2.94. The highest BCUT2D eigenvalue weighted by atomic mass is 19.4. The predicted octanol–water partition coefficient (Wildman–Crippen LogP) is 5.19. The number of rotatable bonds is 12. The van der Waals surface area contributed by atoms with Gasteiger partial charge in [0, 0.05) is 24.7 Å². The largest absolute Gasteiger partial charge is 0.573 e. The third-order valence-electron chi connectivity index (χ3n) is 6.83. The minimum Gasteiger partial charge on any atom is -0.405 e. The van der Waals surface area contributed by atoms with Gasteiger partial charge in [0.15, 0.2) is 0 Å². The Bertz CT molecular complexity index is 1260. The Labute approximate surface area is 229 Å². The van der Waals surface area contributed by atoms with Crippen molar-refractivity contribution in [1.29, 1.82) is 0 Å². The van der Waals surface area contributed by atoms with E-state index in [2.05, 4.69) is 30.7 Å². The molecule has 1 aliphatic rings. The minimum atomic E-state index is -4.84. The number of halogens is 3. The molecule has 0 unspecified atom stereocenters. The van der Waals surface area contributed by atoms with Gasteiger partial charge in [-0.05, 0) is 43.2 Å². The fraction of sp³-hybridized carbons (Fsp3) is 0.407. The lowest BCUT2D eigenvalue weighted by Gasteiger charge is -2.32. The van der Waals surface area contributed by atoms with Crippen LogP contribution >= 0.6 is 0 Å². The molecule has 4 rings (SSSR count). The normalized spacial score (nSPS) is 18.1. The SMILES string of the molecule is O=[N+]([O-])c1cnc(NCc2ccccc2OC(F)(F)F)nc1NCC1CCC(N[C@@H](CO)c2ccccc2)CC1. The van der Waals surface area contributed by atoms with Gasteiger partial charge in [0.05, 0.1) is 17.6 Å². The summed E-state index contributed by atoms with van der Waals surface area (Å²) in [6.45, 7) is 0.382. The summed E-state index contributed by atoms with van der Waals surface area (Å²) in [6, 6.07) is 15.6. The van der Waals surface area contributed by atoms with Gasteiger partial charge in [-0.25, -0.2) is 4.98 Å². The second-order valence-electron chi connectivity index (χ2n) is 9.60. The summed E-state index contributed by atoms with van der Waals surface area (Å²) in [5, 5.41) is 30.8. The number of hydrogen-bond acceptors (Lipinski definition) is 9. The monoisotopic (exact) mass is 560 g/mol. The van der Waals surface area contributed by atoms with Crippen LogP contribution < -0.4 is 20.7 Å². The molecule has 0 radical (unpaired) electrons. The van der Waals surface area contributed by atoms with E-state index in [0.29, 0.717) is 6.54 Å². The van der Waals surface area contributed by atoms with E-state index in [9.17, 15) is 28.4 Å². The summed E-state index contributed by atoms with van der Waals surface area (Å²) in [5.41, 5.74) is 0.957. The van der Waals surface area contributed by atoms with Crippen molar-refractivity contribution in [3.8, 4) is 5.75 Å². The number of nitro groups is 1. The average molecular weight is 561 g/mol. The number of aromatic nitrogens is 2. The molecule has 10 nitrogen and oxygen atoms in total. The van der Waals surface area contributed by atoms with Gasteiger partial charge in [-0.1, -0.05) is 48.5 Å². The first kappa shape index (κ1) is 29.0. The lowest BCUT2D eigenvalue weighted by atomic mass is 9.85. The minimum absolute atomic E-state index is 0.000182. The van der Waals surface area contributed by atoms with Crippen molar-refractivity contribution in [2.24, 2.45) is 5.92 Å². The van der Waals surface area contributed by atoms with E-state index in [4.69, 9.17) is 0 Å². The van der Waals surface area contributed by atoms with E-state index < -0.39 is 11.3 Å². The summed E-state index contributed by atoms with van der Waals surface area (Å²) < 4.78 is 42.2. The van der Waals surface area contributed by atoms with Crippen molar-refractivity contribution in [3.63, 3.8) is 0 Å². The lowest BCUT2D eigenvalue weighted by Crippen LogP contribution is -2.38. The van der Waals surface area contributed by atoms with Gasteiger partial charge in [0.25, 0.3) is 0 Å². The standard InChI is InChI=1S/C27H31F3N6O4/c28-27(29,30)40-24-9-5-4-8-20(24)15-32-26-33-16-23(36(38)39)25(35-26)31-14-18-10-12-21(13-11-18)34-22(17-37)19-6-2-1-3-7-19/h1-9,16,18,21-22,34,37H,10-15,17H2,(H2,31,32,33,35)/t18?,21?,22-/m0/s1. The molecule has 1 aromatic heterocycles. The van der Waals surface area contributed by atoms with Gasteiger partial charge in [0.1, 0.15) is 11.9 Å². The molecule has 214 valence electrons. The summed E-state index contributed by atoms with van der Waals surface area (Å²) in [4.78, 5) is 19.1. The molecule has 4 N–H and O–H groups in total. The Kier molecular flexibility index (Phi) is 9.72. The number of nitrogens with zero attached hydrogens (tertiary/aromatic N) is 3. The van der Waals surface area contributed by atoms with Crippen molar-refractivity contribution in [3.05, 3.63) is 82.0 Å². The van der Waals surface area contributed by atoms with Gasteiger partial charge in [-0.2, -0.15) is 4.98 Å². The van der Waals surface area contributed by atoms with Crippen LogP contribution in [0.5, 0.6) is 5.75 Å². The van der Waals surface area contributed by atoms with E-state index in [1.54, 1.807) is 6.07 Å². The number of alkyl halides is 3. The molecule has 1 aliphatic carbocycles. The Hall–Kier alpha value is -3.97. The fourth-order valence-electron chi connectivity index (χ4n) is 4.77. The van der Waals surface area contributed by atoms with E-state index >= 15 is 0 Å². The molecule has 40 heavy (non-hydrogen) atoms. The smallest absolute Gasteiger partial charge is 0.405 e. The van der Waals surface area contributed by atoms with E-state index in [1.807, 2.05) is 30.3 Å². The summed E-state index contributed by atoms with van der Waals surface area (Å²) in [5.74, 6) is -0.0348. The maximum absolute atomic E-state index is 12.7. The molecule has 0 aliphatic heterocycles. The second-order valence-corrected chi connectivity index (χ2v) is 9.60. The molecule has 1 saturated carbocycles. The topological polar surface area (TPSA) is 134 Å².